The molecule has 1 heterocycles. The van der Waals surface area contributed by atoms with E-state index in [2.05, 4.69) is 5.32 Å². The number of benzene rings is 1. The summed E-state index contributed by atoms with van der Waals surface area (Å²) in [5.74, 6) is -0.319. The van der Waals surface area contributed by atoms with Gasteiger partial charge in [-0.2, -0.15) is 4.31 Å². The van der Waals surface area contributed by atoms with E-state index in [1.807, 2.05) is 12.1 Å². The molecule has 27 heavy (non-hydrogen) atoms. The zero-order valence-electron chi connectivity index (χ0n) is 15.7. The Kier molecular flexibility index (Phi) is 5.53. The van der Waals surface area contributed by atoms with Crippen LogP contribution in [0.15, 0.2) is 23.1 Å². The molecule has 0 spiro atoms. The lowest BCUT2D eigenvalue weighted by molar-refractivity contribution is -0.128. The minimum absolute atomic E-state index is 0.0423. The van der Waals surface area contributed by atoms with Crippen molar-refractivity contribution >= 4 is 15.9 Å². The molecule has 1 saturated carbocycles. The number of nitrogens with zero attached hydrogens (tertiary/aromatic N) is 1. The van der Waals surface area contributed by atoms with E-state index in [1.165, 1.54) is 5.56 Å². The van der Waals surface area contributed by atoms with Crippen molar-refractivity contribution in [2.24, 2.45) is 5.92 Å². The third-order valence-electron chi connectivity index (χ3n) is 6.11. The maximum atomic E-state index is 13.6. The summed E-state index contributed by atoms with van der Waals surface area (Å²) in [4.78, 5) is 13.0. The van der Waals surface area contributed by atoms with E-state index in [4.69, 9.17) is 4.74 Å². The molecule has 1 saturated heterocycles. The first-order chi connectivity index (χ1) is 13.1. The van der Waals surface area contributed by atoms with Crippen molar-refractivity contribution in [3.8, 4) is 0 Å². The van der Waals surface area contributed by atoms with Gasteiger partial charge in [-0.3, -0.25) is 4.79 Å². The number of rotatable bonds is 2. The Morgan fingerprint density at radius 1 is 1.04 bits per heavy atom. The minimum Gasteiger partial charge on any atom is -0.378 e. The van der Waals surface area contributed by atoms with Gasteiger partial charge >= 0.3 is 0 Å². The van der Waals surface area contributed by atoms with Crippen LogP contribution in [0.3, 0.4) is 0 Å². The Morgan fingerprint density at radius 2 is 1.85 bits per heavy atom. The van der Waals surface area contributed by atoms with Crippen molar-refractivity contribution in [3.63, 3.8) is 0 Å². The summed E-state index contributed by atoms with van der Waals surface area (Å²) in [6, 6.07) is 5.24. The van der Waals surface area contributed by atoms with E-state index >= 15 is 0 Å². The van der Waals surface area contributed by atoms with Crippen molar-refractivity contribution in [3.05, 3.63) is 29.3 Å². The first kappa shape index (κ1) is 18.9. The van der Waals surface area contributed by atoms with E-state index in [0.717, 1.165) is 50.5 Å². The van der Waals surface area contributed by atoms with Gasteiger partial charge in [-0.25, -0.2) is 8.42 Å². The predicted molar refractivity (Wildman–Crippen MR) is 102 cm³/mol. The number of nitrogens with one attached hydrogen (secondary N) is 1. The summed E-state index contributed by atoms with van der Waals surface area (Å²) in [7, 11) is -3.67. The van der Waals surface area contributed by atoms with Gasteiger partial charge in [0.25, 0.3) is 0 Å². The average Bonchev–Trinajstić information content (AvgIpc) is 3.15. The summed E-state index contributed by atoms with van der Waals surface area (Å²) in [6.07, 6.45) is 6.44. The predicted octanol–water partition coefficient (Wildman–Crippen LogP) is 1.87. The smallest absolute Gasteiger partial charge is 0.243 e. The second kappa shape index (κ2) is 7.89. The largest absolute Gasteiger partial charge is 0.378 e. The molecular weight excluding hydrogens is 364 g/mol. The number of aryl methyl sites for hydroxylation is 2. The summed E-state index contributed by atoms with van der Waals surface area (Å²) in [5, 5.41) is 2.91. The zero-order valence-corrected chi connectivity index (χ0v) is 16.5. The van der Waals surface area contributed by atoms with E-state index in [9.17, 15) is 13.2 Å². The molecule has 1 aliphatic heterocycles. The van der Waals surface area contributed by atoms with Crippen LogP contribution < -0.4 is 5.32 Å². The van der Waals surface area contributed by atoms with Gasteiger partial charge in [-0.15, -0.1) is 0 Å². The third kappa shape index (κ3) is 3.77. The van der Waals surface area contributed by atoms with Gasteiger partial charge in [0, 0.05) is 19.1 Å². The zero-order chi connectivity index (χ0) is 18.9. The van der Waals surface area contributed by atoms with Gasteiger partial charge in [0.15, 0.2) is 0 Å². The first-order valence-corrected chi connectivity index (χ1v) is 11.5. The van der Waals surface area contributed by atoms with Crippen LogP contribution in [0.2, 0.25) is 0 Å². The molecule has 3 aliphatic rings. The Morgan fingerprint density at radius 3 is 2.74 bits per heavy atom. The van der Waals surface area contributed by atoms with Gasteiger partial charge in [-0.05, 0) is 55.4 Å². The molecule has 7 heteroatoms. The number of amides is 1. The summed E-state index contributed by atoms with van der Waals surface area (Å²) in [6.45, 7) is 1.55. The van der Waals surface area contributed by atoms with Gasteiger partial charge in [0.2, 0.25) is 15.9 Å². The highest BCUT2D eigenvalue weighted by molar-refractivity contribution is 7.89. The molecule has 4 rings (SSSR count). The van der Waals surface area contributed by atoms with Crippen LogP contribution in [0.1, 0.15) is 43.2 Å². The normalized spacial score (nSPS) is 27.5. The minimum atomic E-state index is -3.67. The molecule has 1 aromatic rings. The standard InChI is InChI=1S/C20H28N2O4S/c23-20-18-6-1-2-7-19(18)22(11-13-26-12-10-21-20)27(24,25)17-9-8-15-4-3-5-16(15)14-17/h8-9,14,18-19H,1-7,10-13H2,(H,21,23)/t18-,19+/m0/s1. The molecule has 0 radical (unpaired) electrons. The Balaban J connectivity index is 1.69. The van der Waals surface area contributed by atoms with Crippen LogP contribution in [0.25, 0.3) is 0 Å². The van der Waals surface area contributed by atoms with Crippen molar-refractivity contribution < 1.29 is 17.9 Å². The monoisotopic (exact) mass is 392 g/mol. The number of hydrogen-bond donors (Lipinski definition) is 1. The maximum Gasteiger partial charge on any atom is 0.243 e. The number of hydrogen-bond acceptors (Lipinski definition) is 4. The molecule has 2 atom stereocenters. The highest BCUT2D eigenvalue weighted by Crippen LogP contribution is 2.34. The number of ether oxygens (including phenoxy) is 1. The number of sulfonamides is 1. The fourth-order valence-corrected chi connectivity index (χ4v) is 6.43. The Labute approximate surface area is 161 Å². The van der Waals surface area contributed by atoms with Gasteiger partial charge < -0.3 is 10.1 Å². The van der Waals surface area contributed by atoms with Crippen molar-refractivity contribution in [1.29, 1.82) is 0 Å². The summed E-state index contributed by atoms with van der Waals surface area (Å²) in [5.41, 5.74) is 2.40. The number of carbonyl (C=O) groups excluding carboxylic acids is 1. The maximum absolute atomic E-state index is 13.6. The molecule has 1 aromatic carbocycles. The molecule has 1 amide bonds. The van der Waals surface area contributed by atoms with Gasteiger partial charge in [0.1, 0.15) is 0 Å². The lowest BCUT2D eigenvalue weighted by Gasteiger charge is -2.39. The Bertz CT molecular complexity index is 808. The molecule has 0 aromatic heterocycles. The fourth-order valence-electron chi connectivity index (χ4n) is 4.70. The third-order valence-corrected chi connectivity index (χ3v) is 8.03. The lowest BCUT2D eigenvalue weighted by Crippen LogP contribution is -2.52. The van der Waals surface area contributed by atoms with Crippen LogP contribution in [-0.4, -0.2) is 51.0 Å². The summed E-state index contributed by atoms with van der Waals surface area (Å²) < 4.78 is 34.2. The fraction of sp³-hybridized carbons (Fsp3) is 0.650. The van der Waals surface area contributed by atoms with Crippen LogP contribution in [-0.2, 0) is 32.4 Å². The highest BCUT2D eigenvalue weighted by Gasteiger charge is 2.41. The topological polar surface area (TPSA) is 75.7 Å². The highest BCUT2D eigenvalue weighted by atomic mass is 32.2. The average molecular weight is 393 g/mol. The lowest BCUT2D eigenvalue weighted by atomic mass is 9.83. The van der Waals surface area contributed by atoms with Crippen LogP contribution in [0.4, 0.5) is 0 Å². The van der Waals surface area contributed by atoms with Crippen LogP contribution in [0, 0.1) is 5.92 Å². The van der Waals surface area contributed by atoms with Crippen molar-refractivity contribution in [2.45, 2.75) is 55.9 Å². The molecule has 6 nitrogen and oxygen atoms in total. The molecule has 2 fully saturated rings. The second-order valence-electron chi connectivity index (χ2n) is 7.76. The molecule has 0 unspecified atom stereocenters. The molecular formula is C20H28N2O4S. The number of carbonyl (C=O) groups is 1. The van der Waals surface area contributed by atoms with E-state index in [1.54, 1.807) is 10.4 Å². The van der Waals surface area contributed by atoms with E-state index < -0.39 is 10.0 Å². The van der Waals surface area contributed by atoms with Gasteiger partial charge in [0.05, 0.1) is 24.0 Å². The van der Waals surface area contributed by atoms with Crippen molar-refractivity contribution in [1.82, 2.24) is 9.62 Å². The second-order valence-corrected chi connectivity index (χ2v) is 9.65. The quantitative estimate of drug-likeness (QED) is 0.834. The SMILES string of the molecule is O=C1NCCOCCN(S(=O)(=O)c2ccc3c(c2)CCC3)[C@@H]2CCCC[C@H]12. The molecule has 148 valence electrons. The van der Waals surface area contributed by atoms with Crippen LogP contribution >= 0.6 is 0 Å². The van der Waals surface area contributed by atoms with Crippen LogP contribution in [0.5, 0.6) is 0 Å². The number of fused-ring (bicyclic) bond motifs is 2. The van der Waals surface area contributed by atoms with Crippen molar-refractivity contribution in [2.75, 3.05) is 26.3 Å². The van der Waals surface area contributed by atoms with E-state index in [-0.39, 0.29) is 17.9 Å². The molecule has 1 N–H and O–H groups in total. The van der Waals surface area contributed by atoms with E-state index in [0.29, 0.717) is 31.2 Å². The molecule has 2 aliphatic carbocycles. The van der Waals surface area contributed by atoms with Gasteiger partial charge in [-0.1, -0.05) is 18.9 Å². The Hall–Kier alpha value is -1.44. The molecule has 0 bridgehead atoms. The summed E-state index contributed by atoms with van der Waals surface area (Å²) >= 11 is 0. The first-order valence-electron chi connectivity index (χ1n) is 10.1.